The largest absolute Gasteiger partial charge is 0.378 e. The lowest BCUT2D eigenvalue weighted by Crippen LogP contribution is -2.37. The molecule has 0 radical (unpaired) electrons. The second-order valence-electron chi connectivity index (χ2n) is 10.6. The van der Waals surface area contributed by atoms with Crippen molar-refractivity contribution in [3.63, 3.8) is 0 Å². The van der Waals surface area contributed by atoms with Crippen LogP contribution in [-0.2, 0) is 9.47 Å². The average Bonchev–Trinajstić information content (AvgIpc) is 3.63. The number of hydrogen-bond donors (Lipinski definition) is 1. The van der Waals surface area contributed by atoms with E-state index in [4.69, 9.17) is 19.4 Å². The first-order valence-corrected chi connectivity index (χ1v) is 14.2. The van der Waals surface area contributed by atoms with Crippen LogP contribution in [0, 0.1) is 0 Å². The summed E-state index contributed by atoms with van der Waals surface area (Å²) in [6, 6.07) is 9.14. The van der Waals surface area contributed by atoms with Crippen molar-refractivity contribution in [1.29, 1.82) is 0 Å². The quantitative estimate of drug-likeness (QED) is 0.391. The maximum Gasteiger partial charge on any atom is 0.296 e. The molecule has 0 amide bonds. The van der Waals surface area contributed by atoms with Crippen LogP contribution in [-0.4, -0.2) is 89.1 Å². The number of hydrogen-bond acceptors (Lipinski definition) is 8. The van der Waals surface area contributed by atoms with Crippen LogP contribution in [0.15, 0.2) is 30.3 Å². The molecule has 1 saturated carbocycles. The molecule has 3 fully saturated rings. The summed E-state index contributed by atoms with van der Waals surface area (Å²) in [6.07, 6.45) is 4.01. The van der Waals surface area contributed by atoms with Crippen LogP contribution in [0.4, 0.5) is 20.5 Å². The van der Waals surface area contributed by atoms with E-state index in [9.17, 15) is 8.78 Å². The molecule has 1 N–H and O–H groups in total. The van der Waals surface area contributed by atoms with Gasteiger partial charge in [-0.3, -0.25) is 4.57 Å². The van der Waals surface area contributed by atoms with Crippen molar-refractivity contribution in [2.24, 2.45) is 0 Å². The van der Waals surface area contributed by atoms with E-state index in [1.807, 2.05) is 6.07 Å². The van der Waals surface area contributed by atoms with E-state index in [-0.39, 0.29) is 25.4 Å². The van der Waals surface area contributed by atoms with Gasteiger partial charge in [-0.1, -0.05) is 19.6 Å². The molecule has 3 aromatic rings. The highest BCUT2D eigenvalue weighted by Crippen LogP contribution is 2.30. The molecule has 0 unspecified atom stereocenters. The van der Waals surface area contributed by atoms with Crippen molar-refractivity contribution in [1.82, 2.24) is 24.4 Å². The van der Waals surface area contributed by atoms with Crippen LogP contribution in [0.1, 0.15) is 58.2 Å². The van der Waals surface area contributed by atoms with Gasteiger partial charge in [-0.15, -0.1) is 0 Å². The predicted octanol–water partition coefficient (Wildman–Crippen LogP) is 5.06. The fourth-order valence-electron chi connectivity index (χ4n) is 5.90. The third-order valence-corrected chi connectivity index (χ3v) is 8.01. The molecule has 11 heteroatoms. The van der Waals surface area contributed by atoms with E-state index in [0.717, 1.165) is 38.8 Å². The number of para-hydroxylation sites is 2. The van der Waals surface area contributed by atoms with Crippen molar-refractivity contribution in [2.45, 2.75) is 64.5 Å². The Labute approximate surface area is 234 Å². The predicted molar refractivity (Wildman–Crippen MR) is 153 cm³/mol. The topological polar surface area (TPSA) is 80.6 Å². The Kier molecular flexibility index (Phi) is 9.44. The number of nitrogens with one attached hydrogen (secondary N) is 1. The van der Waals surface area contributed by atoms with E-state index in [0.29, 0.717) is 54.9 Å². The van der Waals surface area contributed by atoms with Crippen molar-refractivity contribution >= 4 is 22.8 Å². The summed E-state index contributed by atoms with van der Waals surface area (Å²) in [4.78, 5) is 18.4. The van der Waals surface area contributed by atoms with E-state index in [2.05, 4.69) is 20.1 Å². The number of halogens is 2. The molecule has 4 heterocycles. The van der Waals surface area contributed by atoms with Gasteiger partial charge in [0.1, 0.15) is 11.6 Å². The summed E-state index contributed by atoms with van der Waals surface area (Å²) >= 11 is 0. The standard InChI is InChI=1S/C28H37F2N7O2.CH4/c29-26(30)27-32-22-5-1-2-6-23(22)37(27)25-19-24(36-14-16-38-17-15-36)33-28(34-25)31-20-7-9-21(10-8-20)39-18-13-35-11-3-4-12-35;/h1-2,5-6,19-21,26H,3-4,7-18H2,(H,31,33,34);1H4. The van der Waals surface area contributed by atoms with Crippen LogP contribution in [0.25, 0.3) is 16.9 Å². The molecule has 6 rings (SSSR count). The van der Waals surface area contributed by atoms with Gasteiger partial charge < -0.3 is 24.6 Å². The lowest BCUT2D eigenvalue weighted by molar-refractivity contribution is 0.0170. The van der Waals surface area contributed by atoms with Crippen molar-refractivity contribution in [3.05, 3.63) is 36.2 Å². The van der Waals surface area contributed by atoms with Crippen LogP contribution in [0.2, 0.25) is 0 Å². The van der Waals surface area contributed by atoms with Gasteiger partial charge in [0, 0.05) is 31.7 Å². The number of aromatic nitrogens is 4. The highest BCUT2D eigenvalue weighted by Gasteiger charge is 2.26. The van der Waals surface area contributed by atoms with Gasteiger partial charge in [0.25, 0.3) is 6.43 Å². The van der Waals surface area contributed by atoms with Gasteiger partial charge in [0.05, 0.1) is 37.0 Å². The van der Waals surface area contributed by atoms with Gasteiger partial charge >= 0.3 is 0 Å². The number of nitrogens with zero attached hydrogens (tertiary/aromatic N) is 6. The average molecular weight is 558 g/mol. The van der Waals surface area contributed by atoms with Gasteiger partial charge in [0.2, 0.25) is 5.95 Å². The normalized spacial score (nSPS) is 22.1. The minimum atomic E-state index is -2.74. The van der Waals surface area contributed by atoms with Crippen LogP contribution in [0.5, 0.6) is 0 Å². The fourth-order valence-corrected chi connectivity index (χ4v) is 5.90. The molecule has 40 heavy (non-hydrogen) atoms. The number of rotatable bonds is 9. The number of anilines is 2. The van der Waals surface area contributed by atoms with Crippen LogP contribution < -0.4 is 10.2 Å². The second kappa shape index (κ2) is 13.2. The van der Waals surface area contributed by atoms with Gasteiger partial charge in [-0.25, -0.2) is 13.8 Å². The summed E-state index contributed by atoms with van der Waals surface area (Å²) in [5.41, 5.74) is 1.11. The number of ether oxygens (including phenoxy) is 2. The zero-order valence-corrected chi connectivity index (χ0v) is 22.3. The Morgan fingerprint density at radius 2 is 1.68 bits per heavy atom. The van der Waals surface area contributed by atoms with Crippen molar-refractivity contribution in [2.75, 3.05) is 62.8 Å². The summed E-state index contributed by atoms with van der Waals surface area (Å²) < 4.78 is 41.4. The number of benzene rings is 1. The summed E-state index contributed by atoms with van der Waals surface area (Å²) in [5, 5.41) is 3.52. The van der Waals surface area contributed by atoms with E-state index in [1.165, 1.54) is 30.5 Å². The smallest absolute Gasteiger partial charge is 0.296 e. The molecule has 2 saturated heterocycles. The lowest BCUT2D eigenvalue weighted by atomic mass is 9.93. The molecular weight excluding hydrogens is 516 g/mol. The van der Waals surface area contributed by atoms with Gasteiger partial charge in [-0.2, -0.15) is 9.97 Å². The number of likely N-dealkylation sites (tertiary alicyclic amines) is 1. The second-order valence-corrected chi connectivity index (χ2v) is 10.6. The maximum absolute atomic E-state index is 14.1. The molecule has 3 aliphatic rings. The lowest BCUT2D eigenvalue weighted by Gasteiger charge is -2.31. The maximum atomic E-state index is 14.1. The third kappa shape index (κ3) is 6.53. The molecule has 9 nitrogen and oxygen atoms in total. The molecule has 0 bridgehead atoms. The minimum Gasteiger partial charge on any atom is -0.378 e. The molecule has 1 aliphatic carbocycles. The monoisotopic (exact) mass is 557 g/mol. The molecule has 2 aliphatic heterocycles. The molecule has 0 spiro atoms. The first-order chi connectivity index (χ1) is 19.1. The van der Waals surface area contributed by atoms with Crippen LogP contribution >= 0.6 is 0 Å². The third-order valence-electron chi connectivity index (χ3n) is 8.01. The molecule has 1 aromatic carbocycles. The molecule has 2 aromatic heterocycles. The Balaban J connectivity index is 0.00000323. The van der Waals surface area contributed by atoms with E-state index >= 15 is 0 Å². The molecular formula is C29H41F2N7O2. The Bertz CT molecular complexity index is 1240. The minimum absolute atomic E-state index is 0. The number of morpholine rings is 1. The van der Waals surface area contributed by atoms with E-state index in [1.54, 1.807) is 24.3 Å². The van der Waals surface area contributed by atoms with E-state index < -0.39 is 6.43 Å². The number of fused-ring (bicyclic) bond motifs is 1. The SMILES string of the molecule is C.FC(F)c1nc2ccccc2n1-c1cc(N2CCOCC2)nc(NC2CCC(OCCN3CCCC3)CC2)n1. The Morgan fingerprint density at radius 1 is 0.950 bits per heavy atom. The van der Waals surface area contributed by atoms with Gasteiger partial charge in [-0.05, 0) is 63.7 Å². The molecule has 218 valence electrons. The first-order valence-electron chi connectivity index (χ1n) is 14.2. The number of imidazole rings is 1. The number of alkyl halides is 2. The zero-order chi connectivity index (χ0) is 26.6. The fraction of sp³-hybridized carbons (Fsp3) is 0.621. The Morgan fingerprint density at radius 3 is 2.42 bits per heavy atom. The first kappa shape index (κ1) is 28.6. The molecule has 0 atom stereocenters. The summed E-state index contributed by atoms with van der Waals surface area (Å²) in [6.45, 7) is 6.76. The Hall–Kier alpha value is -2.89. The summed E-state index contributed by atoms with van der Waals surface area (Å²) in [7, 11) is 0. The highest BCUT2D eigenvalue weighted by molar-refractivity contribution is 5.78. The highest BCUT2D eigenvalue weighted by atomic mass is 19.3. The van der Waals surface area contributed by atoms with Crippen LogP contribution in [0.3, 0.4) is 0 Å². The zero-order valence-electron chi connectivity index (χ0n) is 22.3. The van der Waals surface area contributed by atoms with Gasteiger partial charge in [0.15, 0.2) is 5.82 Å². The van der Waals surface area contributed by atoms with Crippen molar-refractivity contribution < 1.29 is 18.3 Å². The van der Waals surface area contributed by atoms with Crippen molar-refractivity contribution in [3.8, 4) is 5.82 Å². The summed E-state index contributed by atoms with van der Waals surface area (Å²) in [5.74, 6) is 1.21.